The minimum Gasteiger partial charge on any atom is -0.479 e. The van der Waals surface area contributed by atoms with Crippen LogP contribution in [0.4, 0.5) is 4.79 Å². The van der Waals surface area contributed by atoms with Crippen LogP contribution in [0, 0.1) is 5.92 Å². The number of carboxylic acid groups (broad SMARTS) is 1. The molecule has 2 aliphatic heterocycles. The molecule has 0 aromatic heterocycles. The summed E-state index contributed by atoms with van der Waals surface area (Å²) in [4.78, 5) is 24.7. The standard InChI is InChI=1S/C12H19NO5/c1-11(2,3)18-10(16)13-6-8-4-5-17-12(8,7-13)9(14)15/h8H,4-7H2,1-3H3,(H,14,15)/t8-,12+/m0/s1. The molecule has 0 radical (unpaired) electrons. The van der Waals surface area contributed by atoms with Crippen LogP contribution in [-0.4, -0.2) is 53.0 Å². The molecule has 6 heteroatoms. The third kappa shape index (κ3) is 2.16. The molecular formula is C12H19NO5. The molecule has 102 valence electrons. The van der Waals surface area contributed by atoms with E-state index in [4.69, 9.17) is 9.47 Å². The highest BCUT2D eigenvalue weighted by atomic mass is 16.6. The molecule has 1 amide bonds. The number of hydrogen-bond donors (Lipinski definition) is 1. The van der Waals surface area contributed by atoms with Gasteiger partial charge >= 0.3 is 12.1 Å². The molecule has 0 bridgehead atoms. The number of nitrogens with zero attached hydrogens (tertiary/aromatic N) is 1. The number of aliphatic carboxylic acids is 1. The van der Waals surface area contributed by atoms with Crippen LogP contribution in [-0.2, 0) is 14.3 Å². The predicted octanol–water partition coefficient (Wildman–Crippen LogP) is 1.10. The summed E-state index contributed by atoms with van der Waals surface area (Å²) in [7, 11) is 0. The number of amides is 1. The molecule has 2 aliphatic rings. The van der Waals surface area contributed by atoms with Gasteiger partial charge in [-0.3, -0.25) is 0 Å². The van der Waals surface area contributed by atoms with Crippen LogP contribution in [0.15, 0.2) is 0 Å². The first kappa shape index (κ1) is 13.1. The lowest BCUT2D eigenvalue weighted by atomic mass is 9.91. The van der Waals surface area contributed by atoms with Crippen molar-refractivity contribution in [3.05, 3.63) is 0 Å². The second-order valence-corrected chi connectivity index (χ2v) is 5.89. The Labute approximate surface area is 106 Å². The molecule has 2 heterocycles. The number of rotatable bonds is 1. The van der Waals surface area contributed by atoms with E-state index < -0.39 is 23.3 Å². The molecule has 6 nitrogen and oxygen atoms in total. The molecule has 0 saturated carbocycles. The van der Waals surface area contributed by atoms with Crippen LogP contribution >= 0.6 is 0 Å². The highest BCUT2D eigenvalue weighted by Gasteiger charge is 2.58. The van der Waals surface area contributed by atoms with Crippen molar-refractivity contribution in [2.24, 2.45) is 5.92 Å². The molecule has 2 rings (SSSR count). The number of fused-ring (bicyclic) bond motifs is 1. The third-order valence-electron chi connectivity index (χ3n) is 3.37. The number of hydrogen-bond acceptors (Lipinski definition) is 4. The fourth-order valence-corrected chi connectivity index (χ4v) is 2.53. The number of likely N-dealkylation sites (tertiary alicyclic amines) is 1. The lowest BCUT2D eigenvalue weighted by molar-refractivity contribution is -0.160. The van der Waals surface area contributed by atoms with E-state index in [0.29, 0.717) is 19.6 Å². The molecule has 0 spiro atoms. The van der Waals surface area contributed by atoms with Crippen LogP contribution in [0.2, 0.25) is 0 Å². The lowest BCUT2D eigenvalue weighted by Crippen LogP contribution is -2.46. The molecule has 0 aromatic rings. The smallest absolute Gasteiger partial charge is 0.410 e. The maximum atomic E-state index is 11.9. The predicted molar refractivity (Wildman–Crippen MR) is 62.2 cm³/mol. The van der Waals surface area contributed by atoms with Gasteiger partial charge in [-0.05, 0) is 27.2 Å². The Kier molecular flexibility index (Phi) is 3.01. The van der Waals surface area contributed by atoms with Crippen molar-refractivity contribution in [2.75, 3.05) is 19.7 Å². The first-order valence-corrected chi connectivity index (χ1v) is 6.10. The van der Waals surface area contributed by atoms with Crippen LogP contribution in [0.3, 0.4) is 0 Å². The van der Waals surface area contributed by atoms with E-state index >= 15 is 0 Å². The molecule has 2 atom stereocenters. The van der Waals surface area contributed by atoms with Gasteiger partial charge in [-0.15, -0.1) is 0 Å². The zero-order valence-electron chi connectivity index (χ0n) is 10.9. The Morgan fingerprint density at radius 1 is 1.44 bits per heavy atom. The van der Waals surface area contributed by atoms with Crippen LogP contribution < -0.4 is 0 Å². The number of carbonyl (C=O) groups excluding carboxylic acids is 1. The maximum absolute atomic E-state index is 11.9. The van der Waals surface area contributed by atoms with E-state index in [2.05, 4.69) is 0 Å². The second kappa shape index (κ2) is 4.12. The van der Waals surface area contributed by atoms with E-state index in [1.807, 2.05) is 0 Å². The van der Waals surface area contributed by atoms with Crippen molar-refractivity contribution in [2.45, 2.75) is 38.4 Å². The van der Waals surface area contributed by atoms with Crippen molar-refractivity contribution in [1.82, 2.24) is 4.90 Å². The third-order valence-corrected chi connectivity index (χ3v) is 3.37. The summed E-state index contributed by atoms with van der Waals surface area (Å²) in [5, 5.41) is 9.30. The topological polar surface area (TPSA) is 76.1 Å². The van der Waals surface area contributed by atoms with E-state index in [9.17, 15) is 14.7 Å². The molecule has 18 heavy (non-hydrogen) atoms. The number of ether oxygens (including phenoxy) is 2. The molecule has 0 aliphatic carbocycles. The van der Waals surface area contributed by atoms with E-state index in [1.165, 1.54) is 4.90 Å². The summed E-state index contributed by atoms with van der Waals surface area (Å²) in [6.07, 6.45) is 0.201. The van der Waals surface area contributed by atoms with Crippen molar-refractivity contribution in [1.29, 1.82) is 0 Å². The van der Waals surface area contributed by atoms with Gasteiger partial charge in [0.15, 0.2) is 5.60 Å². The van der Waals surface area contributed by atoms with Gasteiger partial charge in [0.25, 0.3) is 0 Å². The average molecular weight is 257 g/mol. The summed E-state index contributed by atoms with van der Waals surface area (Å²) < 4.78 is 10.6. The summed E-state index contributed by atoms with van der Waals surface area (Å²) in [5.41, 5.74) is -1.80. The second-order valence-electron chi connectivity index (χ2n) is 5.89. The van der Waals surface area contributed by atoms with E-state index in [-0.39, 0.29) is 12.5 Å². The normalized spacial score (nSPS) is 31.3. The first-order chi connectivity index (χ1) is 8.24. The van der Waals surface area contributed by atoms with Gasteiger partial charge in [-0.2, -0.15) is 0 Å². The SMILES string of the molecule is CC(C)(C)OC(=O)N1C[C@@H]2CCO[C@]2(C(=O)O)C1. The van der Waals surface area contributed by atoms with Gasteiger partial charge in [0, 0.05) is 19.1 Å². The Morgan fingerprint density at radius 3 is 2.61 bits per heavy atom. The van der Waals surface area contributed by atoms with E-state index in [0.717, 1.165) is 0 Å². The fraction of sp³-hybridized carbons (Fsp3) is 0.833. The van der Waals surface area contributed by atoms with Gasteiger partial charge in [-0.25, -0.2) is 9.59 Å². The Hall–Kier alpha value is -1.30. The van der Waals surface area contributed by atoms with Gasteiger partial charge in [-0.1, -0.05) is 0 Å². The molecular weight excluding hydrogens is 238 g/mol. The first-order valence-electron chi connectivity index (χ1n) is 6.10. The Bertz CT molecular complexity index is 375. The molecule has 0 aromatic carbocycles. The van der Waals surface area contributed by atoms with Gasteiger partial charge < -0.3 is 19.5 Å². The zero-order chi connectivity index (χ0) is 13.6. The summed E-state index contributed by atoms with van der Waals surface area (Å²) in [6, 6.07) is 0. The van der Waals surface area contributed by atoms with Crippen LogP contribution in [0.5, 0.6) is 0 Å². The number of carbonyl (C=O) groups is 2. The molecule has 2 fully saturated rings. The van der Waals surface area contributed by atoms with Crippen molar-refractivity contribution in [3.63, 3.8) is 0 Å². The number of carboxylic acids is 1. The van der Waals surface area contributed by atoms with Crippen molar-refractivity contribution >= 4 is 12.1 Å². The molecule has 1 N–H and O–H groups in total. The fourth-order valence-electron chi connectivity index (χ4n) is 2.53. The lowest BCUT2D eigenvalue weighted by Gasteiger charge is -2.26. The average Bonchev–Trinajstić information content (AvgIpc) is 2.69. The molecule has 2 saturated heterocycles. The van der Waals surface area contributed by atoms with Gasteiger partial charge in [0.1, 0.15) is 5.60 Å². The Morgan fingerprint density at radius 2 is 2.11 bits per heavy atom. The van der Waals surface area contributed by atoms with Gasteiger partial charge in [0.2, 0.25) is 0 Å². The zero-order valence-corrected chi connectivity index (χ0v) is 10.9. The minimum atomic E-state index is -1.23. The summed E-state index contributed by atoms with van der Waals surface area (Å²) in [6.45, 7) is 6.25. The molecule has 0 unspecified atom stereocenters. The minimum absolute atomic E-state index is 0.0713. The van der Waals surface area contributed by atoms with Crippen molar-refractivity contribution < 1.29 is 24.2 Å². The summed E-state index contributed by atoms with van der Waals surface area (Å²) in [5.74, 6) is -1.13. The van der Waals surface area contributed by atoms with Crippen LogP contribution in [0.25, 0.3) is 0 Å². The highest BCUT2D eigenvalue weighted by Crippen LogP contribution is 2.39. The van der Waals surface area contributed by atoms with E-state index in [1.54, 1.807) is 20.8 Å². The highest BCUT2D eigenvalue weighted by molar-refractivity contribution is 5.81. The maximum Gasteiger partial charge on any atom is 0.410 e. The van der Waals surface area contributed by atoms with Crippen molar-refractivity contribution in [3.8, 4) is 0 Å². The monoisotopic (exact) mass is 257 g/mol. The van der Waals surface area contributed by atoms with Gasteiger partial charge in [0.05, 0.1) is 6.54 Å². The van der Waals surface area contributed by atoms with Crippen LogP contribution in [0.1, 0.15) is 27.2 Å². The quantitative estimate of drug-likeness (QED) is 0.761. The summed E-state index contributed by atoms with van der Waals surface area (Å²) >= 11 is 0. The Balaban J connectivity index is 2.08. The largest absolute Gasteiger partial charge is 0.479 e.